The Labute approximate surface area is 91.2 Å². The van der Waals surface area contributed by atoms with Gasteiger partial charge in [0, 0.05) is 6.42 Å². The van der Waals surface area contributed by atoms with Crippen molar-refractivity contribution in [1.29, 1.82) is 0 Å². The lowest BCUT2D eigenvalue weighted by atomic mass is 10.2. The van der Waals surface area contributed by atoms with E-state index in [1.165, 1.54) is 0 Å². The summed E-state index contributed by atoms with van der Waals surface area (Å²) in [5.41, 5.74) is 5.00. The Morgan fingerprint density at radius 1 is 1.19 bits per heavy atom. The number of carboxylic acid groups (broad SMARTS) is 2. The van der Waals surface area contributed by atoms with Gasteiger partial charge >= 0.3 is 22.3 Å². The molecule has 0 saturated carbocycles. The number of carboxylic acids is 2. The maximum absolute atomic E-state index is 9.99. The zero-order chi connectivity index (χ0) is 12.6. The zero-order valence-electron chi connectivity index (χ0n) is 8.11. The molecule has 0 amide bonds. The minimum atomic E-state index is -4.67. The monoisotopic (exact) mass is 262 g/mol. The highest BCUT2D eigenvalue weighted by molar-refractivity contribution is 7.79. The van der Waals surface area contributed by atoms with Gasteiger partial charge in [0.2, 0.25) is 0 Å². The van der Waals surface area contributed by atoms with E-state index >= 15 is 0 Å². The summed E-state index contributed by atoms with van der Waals surface area (Å²) in [6.45, 7) is 0. The molecule has 0 unspecified atom stereocenters. The molecule has 0 bridgehead atoms. The van der Waals surface area contributed by atoms with Crippen LogP contribution in [-0.2, 0) is 20.0 Å². The summed E-state index contributed by atoms with van der Waals surface area (Å²) in [5, 5.41) is 16.3. The predicted molar refractivity (Wildman–Crippen MR) is 51.7 cm³/mol. The van der Waals surface area contributed by atoms with Gasteiger partial charge in [-0.05, 0) is 6.42 Å². The first kappa shape index (κ1) is 20.2. The van der Waals surface area contributed by atoms with Crippen molar-refractivity contribution in [3.63, 3.8) is 0 Å². The predicted octanol–water partition coefficient (Wildman–Crippen LogP) is -1.23. The van der Waals surface area contributed by atoms with Gasteiger partial charge in [-0.25, -0.2) is 0 Å². The highest BCUT2D eigenvalue weighted by Crippen LogP contribution is 1.93. The van der Waals surface area contributed by atoms with Crippen LogP contribution in [0.5, 0.6) is 0 Å². The van der Waals surface area contributed by atoms with Crippen LogP contribution in [0, 0.1) is 0 Å². The summed E-state index contributed by atoms with van der Waals surface area (Å²) >= 11 is 0. The van der Waals surface area contributed by atoms with E-state index in [0.29, 0.717) is 0 Å². The number of aliphatic carboxylic acids is 2. The van der Waals surface area contributed by atoms with Crippen LogP contribution in [0.3, 0.4) is 0 Å². The Morgan fingerprint density at radius 3 is 1.69 bits per heavy atom. The van der Waals surface area contributed by atoms with Gasteiger partial charge < -0.3 is 22.1 Å². The van der Waals surface area contributed by atoms with E-state index in [-0.39, 0.29) is 19.0 Å². The maximum Gasteiger partial charge on any atom is 0.394 e. The van der Waals surface area contributed by atoms with Crippen LogP contribution < -0.4 is 11.9 Å². The van der Waals surface area contributed by atoms with Gasteiger partial charge in [-0.3, -0.25) is 18.7 Å². The minimum absolute atomic E-state index is 0. The molecule has 0 heterocycles. The molecule has 0 spiro atoms. The van der Waals surface area contributed by atoms with E-state index < -0.39 is 28.4 Å². The van der Waals surface area contributed by atoms with Gasteiger partial charge in [0.05, 0.1) is 0 Å². The van der Waals surface area contributed by atoms with Gasteiger partial charge in [-0.15, -0.1) is 0 Å². The van der Waals surface area contributed by atoms with Crippen molar-refractivity contribution in [2.24, 2.45) is 5.73 Å². The molecule has 0 aromatic rings. The molecule has 9 N–H and O–H groups in total. The summed E-state index contributed by atoms with van der Waals surface area (Å²) in [6, 6.07) is -1.06. The fourth-order valence-corrected chi connectivity index (χ4v) is 0.402. The number of rotatable bonds is 4. The zero-order valence-corrected chi connectivity index (χ0v) is 8.92. The molecule has 0 rings (SSSR count). The van der Waals surface area contributed by atoms with Crippen molar-refractivity contribution >= 4 is 22.3 Å². The normalized spacial score (nSPS) is 11.4. The second-order valence-electron chi connectivity index (χ2n) is 2.32. The van der Waals surface area contributed by atoms with E-state index in [1.54, 1.807) is 0 Å². The molecule has 0 saturated heterocycles. The second-order valence-corrected chi connectivity index (χ2v) is 3.22. The van der Waals surface area contributed by atoms with Gasteiger partial charge in [0.1, 0.15) is 6.04 Å². The Hall–Kier alpha value is -1.27. The van der Waals surface area contributed by atoms with Crippen LogP contribution in [0.25, 0.3) is 0 Å². The van der Waals surface area contributed by atoms with Crippen LogP contribution in [-0.4, -0.2) is 45.7 Å². The Kier molecular flexibility index (Phi) is 11.3. The highest BCUT2D eigenvalue weighted by Gasteiger charge is 2.12. The molecule has 1 atom stereocenters. The molecule has 11 heteroatoms. The fourth-order valence-electron chi connectivity index (χ4n) is 0.402. The van der Waals surface area contributed by atoms with Crippen LogP contribution >= 0.6 is 0 Å². The van der Waals surface area contributed by atoms with Crippen molar-refractivity contribution in [1.82, 2.24) is 6.15 Å². The highest BCUT2D eigenvalue weighted by atomic mass is 32.3. The van der Waals surface area contributed by atoms with E-state index in [1.807, 2.05) is 0 Å². The van der Waals surface area contributed by atoms with Crippen molar-refractivity contribution in [3.05, 3.63) is 0 Å². The van der Waals surface area contributed by atoms with Crippen LogP contribution in [0.15, 0.2) is 0 Å². The van der Waals surface area contributed by atoms with Gasteiger partial charge in [0.25, 0.3) is 0 Å². The average molecular weight is 262 g/mol. The van der Waals surface area contributed by atoms with Gasteiger partial charge in [-0.2, -0.15) is 8.42 Å². The number of hydrogen-bond acceptors (Lipinski definition) is 6. The van der Waals surface area contributed by atoms with Crippen molar-refractivity contribution in [3.8, 4) is 0 Å². The second kappa shape index (κ2) is 8.99. The van der Waals surface area contributed by atoms with Crippen molar-refractivity contribution in [2.45, 2.75) is 18.9 Å². The lowest BCUT2D eigenvalue weighted by molar-refractivity contribution is -0.139. The summed E-state index contributed by atoms with van der Waals surface area (Å²) in [6.07, 6.45) is -0.224. The third kappa shape index (κ3) is 29.3. The average Bonchev–Trinajstić information content (AvgIpc) is 1.96. The fraction of sp³-hybridized carbons (Fsp3) is 0.600. The third-order valence-corrected chi connectivity index (χ3v) is 0.986. The Morgan fingerprint density at radius 2 is 1.50 bits per heavy atom. The molecule has 0 aliphatic heterocycles. The minimum Gasteiger partial charge on any atom is -0.481 e. The van der Waals surface area contributed by atoms with Gasteiger partial charge in [-0.1, -0.05) is 0 Å². The SMILES string of the molecule is N.N[C@@H](CCC(=O)O)C(=O)O.O=S(=O)(O)O. The van der Waals surface area contributed by atoms with E-state index in [2.05, 4.69) is 0 Å². The largest absolute Gasteiger partial charge is 0.481 e. The number of carbonyl (C=O) groups is 2. The van der Waals surface area contributed by atoms with Crippen LogP contribution in [0.4, 0.5) is 0 Å². The first-order valence-electron chi connectivity index (χ1n) is 3.44. The van der Waals surface area contributed by atoms with Crippen molar-refractivity contribution in [2.75, 3.05) is 0 Å². The molecular formula is C5H14N2O8S. The standard InChI is InChI=1S/C5H9NO4.H3N.H2O4S/c6-3(5(9)10)1-2-4(7)8;;1-5(2,3)4/h3H,1-2,6H2,(H,7,8)(H,9,10);1H3;(H2,1,2,3,4)/t3-;;/m0../s1. The topological polar surface area (TPSA) is 210 Å². The molecule has 0 aromatic carbocycles. The Bertz CT molecular complexity index is 304. The first-order valence-corrected chi connectivity index (χ1v) is 4.83. The molecular weight excluding hydrogens is 248 g/mol. The summed E-state index contributed by atoms with van der Waals surface area (Å²) in [7, 11) is -4.67. The summed E-state index contributed by atoms with van der Waals surface area (Å²) in [4.78, 5) is 19.9. The van der Waals surface area contributed by atoms with Crippen LogP contribution in [0.2, 0.25) is 0 Å². The molecule has 0 aliphatic carbocycles. The number of nitrogens with two attached hydrogens (primary N) is 1. The lowest BCUT2D eigenvalue weighted by Crippen LogP contribution is -2.30. The smallest absolute Gasteiger partial charge is 0.394 e. The first-order chi connectivity index (χ1) is 6.54. The summed E-state index contributed by atoms with van der Waals surface area (Å²) < 4.78 is 31.6. The van der Waals surface area contributed by atoms with Crippen molar-refractivity contribution < 1.29 is 37.3 Å². The van der Waals surface area contributed by atoms with E-state index in [9.17, 15) is 9.59 Å². The molecule has 98 valence electrons. The molecule has 0 aromatic heterocycles. The number of hydrogen-bond donors (Lipinski definition) is 6. The van der Waals surface area contributed by atoms with Crippen LogP contribution in [0.1, 0.15) is 12.8 Å². The Balaban J connectivity index is -0.000000242. The third-order valence-electron chi connectivity index (χ3n) is 0.986. The van der Waals surface area contributed by atoms with E-state index in [0.717, 1.165) is 0 Å². The molecule has 10 nitrogen and oxygen atoms in total. The molecule has 16 heavy (non-hydrogen) atoms. The van der Waals surface area contributed by atoms with E-state index in [4.69, 9.17) is 33.5 Å². The molecule has 0 fully saturated rings. The quantitative estimate of drug-likeness (QED) is 0.332. The summed E-state index contributed by atoms with van der Waals surface area (Å²) in [5.74, 6) is -2.20. The lowest BCUT2D eigenvalue weighted by Gasteiger charge is -2.01. The van der Waals surface area contributed by atoms with Gasteiger partial charge in [0.15, 0.2) is 0 Å². The molecule has 0 aliphatic rings. The maximum atomic E-state index is 9.99. The molecule has 0 radical (unpaired) electrons.